The van der Waals surface area contributed by atoms with Crippen molar-refractivity contribution in [3.8, 4) is 10.6 Å². The first-order valence-electron chi connectivity index (χ1n) is 3.10. The summed E-state index contributed by atoms with van der Waals surface area (Å²) in [4.78, 5) is 4.09. The fourth-order valence-corrected chi connectivity index (χ4v) is 1.50. The van der Waals surface area contributed by atoms with Crippen molar-refractivity contribution in [2.75, 3.05) is 0 Å². The van der Waals surface area contributed by atoms with E-state index in [1.807, 2.05) is 11.4 Å². The number of nitrogens with zero attached hydrogens (tertiary/aromatic N) is 1. The van der Waals surface area contributed by atoms with Crippen molar-refractivity contribution in [1.29, 1.82) is 0 Å². The van der Waals surface area contributed by atoms with Gasteiger partial charge in [0.05, 0.1) is 6.26 Å². The number of hydrogen-bond acceptors (Lipinski definition) is 3. The van der Waals surface area contributed by atoms with Crippen LogP contribution in [0.25, 0.3) is 10.6 Å². The van der Waals surface area contributed by atoms with E-state index >= 15 is 0 Å². The van der Waals surface area contributed by atoms with Gasteiger partial charge in [0.1, 0.15) is 19.1 Å². The van der Waals surface area contributed by atoms with E-state index in [1.165, 1.54) is 11.3 Å². The molecule has 0 saturated heterocycles. The average molecular weight is 161 g/mol. The van der Waals surface area contributed by atoms with Crippen molar-refractivity contribution >= 4 is 24.8 Å². The predicted molar refractivity (Wildman–Crippen MR) is 45.2 cm³/mol. The molecular formula is C7H4BNOS. The van der Waals surface area contributed by atoms with Crippen LogP contribution in [0.3, 0.4) is 0 Å². The molecule has 0 aliphatic heterocycles. The summed E-state index contributed by atoms with van der Waals surface area (Å²) >= 11 is 1.51. The van der Waals surface area contributed by atoms with Crippen LogP contribution in [0.2, 0.25) is 0 Å². The predicted octanol–water partition coefficient (Wildman–Crippen LogP) is 1.20. The summed E-state index contributed by atoms with van der Waals surface area (Å²) in [5, 5.41) is 2.71. The van der Waals surface area contributed by atoms with Gasteiger partial charge < -0.3 is 4.42 Å². The smallest absolute Gasteiger partial charge is 0.142 e. The summed E-state index contributed by atoms with van der Waals surface area (Å²) in [6, 6.07) is 1.86. The lowest BCUT2D eigenvalue weighted by molar-refractivity contribution is 0.568. The monoisotopic (exact) mass is 161 g/mol. The van der Waals surface area contributed by atoms with E-state index in [0.29, 0.717) is 5.59 Å². The lowest BCUT2D eigenvalue weighted by atomic mass is 10.1. The van der Waals surface area contributed by atoms with Crippen LogP contribution in [-0.4, -0.2) is 12.8 Å². The number of furan rings is 1. The van der Waals surface area contributed by atoms with Gasteiger partial charge in [-0.2, -0.15) is 0 Å². The van der Waals surface area contributed by atoms with E-state index in [4.69, 9.17) is 12.3 Å². The van der Waals surface area contributed by atoms with Crippen LogP contribution < -0.4 is 5.59 Å². The molecule has 0 atom stereocenters. The minimum atomic E-state index is 0.561. The van der Waals surface area contributed by atoms with E-state index in [9.17, 15) is 0 Å². The van der Waals surface area contributed by atoms with Crippen LogP contribution in [0.4, 0.5) is 0 Å². The largest absolute Gasteiger partial charge is 0.472 e. The maximum atomic E-state index is 5.45. The number of aromatic nitrogens is 1. The second kappa shape index (κ2) is 2.55. The summed E-state index contributed by atoms with van der Waals surface area (Å²) in [6.45, 7) is 0. The fraction of sp³-hybridized carbons (Fsp3) is 0. The Morgan fingerprint density at radius 2 is 2.45 bits per heavy atom. The molecule has 0 aliphatic rings. The molecular weight excluding hydrogens is 157 g/mol. The van der Waals surface area contributed by atoms with Crippen LogP contribution in [0.15, 0.2) is 28.4 Å². The van der Waals surface area contributed by atoms with Crippen molar-refractivity contribution in [3.63, 3.8) is 0 Å². The SMILES string of the molecule is [B]c1csc(-c2ccoc2)n1. The molecule has 0 amide bonds. The maximum absolute atomic E-state index is 5.45. The van der Waals surface area contributed by atoms with Gasteiger partial charge in [0.25, 0.3) is 0 Å². The van der Waals surface area contributed by atoms with Crippen LogP contribution in [0, 0.1) is 0 Å². The Morgan fingerprint density at radius 3 is 3.00 bits per heavy atom. The Morgan fingerprint density at radius 1 is 1.55 bits per heavy atom. The van der Waals surface area contributed by atoms with Crippen molar-refractivity contribution < 1.29 is 4.42 Å². The second-order valence-corrected chi connectivity index (χ2v) is 2.95. The lowest BCUT2D eigenvalue weighted by Gasteiger charge is -1.83. The fourth-order valence-electron chi connectivity index (χ4n) is 0.805. The average Bonchev–Trinajstić information content (AvgIpc) is 2.55. The molecule has 2 aromatic heterocycles. The third kappa shape index (κ3) is 1.21. The normalized spacial score (nSPS) is 10.2. The zero-order chi connectivity index (χ0) is 7.68. The first-order chi connectivity index (χ1) is 5.36. The Labute approximate surface area is 69.3 Å². The summed E-state index contributed by atoms with van der Waals surface area (Å²) < 4.78 is 4.90. The zero-order valence-corrected chi connectivity index (χ0v) is 6.47. The third-order valence-corrected chi connectivity index (χ3v) is 2.20. The maximum Gasteiger partial charge on any atom is 0.142 e. The highest BCUT2D eigenvalue weighted by atomic mass is 32.1. The minimum Gasteiger partial charge on any atom is -0.472 e. The number of rotatable bonds is 1. The second-order valence-electron chi connectivity index (χ2n) is 2.09. The van der Waals surface area contributed by atoms with Crippen molar-refractivity contribution in [2.45, 2.75) is 0 Å². The van der Waals surface area contributed by atoms with E-state index < -0.39 is 0 Å². The number of thiazole rings is 1. The molecule has 2 heterocycles. The Balaban J connectivity index is 2.45. The number of hydrogen-bond donors (Lipinski definition) is 0. The van der Waals surface area contributed by atoms with Gasteiger partial charge in [-0.05, 0) is 11.7 Å². The minimum absolute atomic E-state index is 0.561. The molecule has 0 unspecified atom stereocenters. The highest BCUT2D eigenvalue weighted by Gasteiger charge is 2.01. The molecule has 0 fully saturated rings. The molecule has 0 bridgehead atoms. The van der Waals surface area contributed by atoms with Gasteiger partial charge in [0.15, 0.2) is 0 Å². The first kappa shape index (κ1) is 6.67. The van der Waals surface area contributed by atoms with Gasteiger partial charge in [0.2, 0.25) is 0 Å². The molecule has 2 rings (SSSR count). The van der Waals surface area contributed by atoms with Gasteiger partial charge in [0, 0.05) is 10.9 Å². The van der Waals surface area contributed by atoms with Crippen molar-refractivity contribution in [2.24, 2.45) is 0 Å². The molecule has 0 saturated carbocycles. The van der Waals surface area contributed by atoms with Crippen LogP contribution in [0.5, 0.6) is 0 Å². The summed E-state index contributed by atoms with van der Waals surface area (Å²) in [5.74, 6) is 0. The summed E-state index contributed by atoms with van der Waals surface area (Å²) in [5.41, 5.74) is 1.54. The van der Waals surface area contributed by atoms with Crippen molar-refractivity contribution in [1.82, 2.24) is 4.98 Å². The molecule has 2 nitrogen and oxygen atoms in total. The summed E-state index contributed by atoms with van der Waals surface area (Å²) in [6.07, 6.45) is 3.27. The van der Waals surface area contributed by atoms with Crippen LogP contribution in [0.1, 0.15) is 0 Å². The van der Waals surface area contributed by atoms with Crippen molar-refractivity contribution in [3.05, 3.63) is 24.0 Å². The van der Waals surface area contributed by atoms with Gasteiger partial charge in [-0.3, -0.25) is 4.98 Å². The van der Waals surface area contributed by atoms with Gasteiger partial charge in [-0.15, -0.1) is 11.3 Å². The summed E-state index contributed by atoms with van der Waals surface area (Å²) in [7, 11) is 5.45. The molecule has 52 valence electrons. The van der Waals surface area contributed by atoms with Gasteiger partial charge in [-0.1, -0.05) is 0 Å². The Kier molecular flexibility index (Phi) is 1.54. The first-order valence-corrected chi connectivity index (χ1v) is 3.98. The van der Waals surface area contributed by atoms with Gasteiger partial charge in [-0.25, -0.2) is 0 Å². The lowest BCUT2D eigenvalue weighted by Crippen LogP contribution is -2.00. The topological polar surface area (TPSA) is 26.0 Å². The van der Waals surface area contributed by atoms with E-state index in [2.05, 4.69) is 4.98 Å². The molecule has 4 heteroatoms. The molecule has 2 aromatic rings. The molecule has 0 spiro atoms. The van der Waals surface area contributed by atoms with E-state index in [-0.39, 0.29) is 0 Å². The molecule has 0 aromatic carbocycles. The highest BCUT2D eigenvalue weighted by molar-refractivity contribution is 7.13. The van der Waals surface area contributed by atoms with Gasteiger partial charge >= 0.3 is 0 Å². The quantitative estimate of drug-likeness (QED) is 0.587. The highest BCUT2D eigenvalue weighted by Crippen LogP contribution is 2.20. The van der Waals surface area contributed by atoms with E-state index in [1.54, 1.807) is 12.5 Å². The Bertz CT molecular complexity index is 341. The third-order valence-electron chi connectivity index (χ3n) is 1.29. The standard InChI is InChI=1S/C7H4BNOS/c8-6-4-11-7(9-6)5-1-2-10-3-5/h1-4H. The molecule has 0 aliphatic carbocycles. The van der Waals surface area contributed by atoms with Crippen LogP contribution >= 0.6 is 11.3 Å². The Hall–Kier alpha value is -1.03. The van der Waals surface area contributed by atoms with E-state index in [0.717, 1.165) is 10.6 Å². The molecule has 0 N–H and O–H groups in total. The molecule has 11 heavy (non-hydrogen) atoms. The van der Waals surface area contributed by atoms with Crippen LogP contribution in [-0.2, 0) is 0 Å². The molecule has 2 radical (unpaired) electrons. The zero-order valence-electron chi connectivity index (χ0n) is 5.65.